The molecule has 0 atom stereocenters. The van der Waals surface area contributed by atoms with Crippen LogP contribution in [-0.4, -0.2) is 44.4 Å². The number of anilines is 1. The molecule has 0 amide bonds. The SMILES string of the molecule is CCCc1c(NCC)ncnc1-n1cnc(C(=O)OC)n1. The van der Waals surface area contributed by atoms with Crippen molar-refractivity contribution in [1.82, 2.24) is 24.7 Å². The standard InChI is InChI=1S/C13H18N6O2/c1-4-6-9-10(14-5-2)15-7-16-12(9)19-8-17-11(18-19)13(20)21-3/h7-8H,4-6H2,1-3H3,(H,14,15,16). The zero-order valence-corrected chi connectivity index (χ0v) is 12.3. The van der Waals surface area contributed by atoms with Gasteiger partial charge in [-0.1, -0.05) is 13.3 Å². The third-order valence-corrected chi connectivity index (χ3v) is 2.84. The van der Waals surface area contributed by atoms with Crippen molar-refractivity contribution in [2.24, 2.45) is 0 Å². The topological polar surface area (TPSA) is 94.8 Å². The number of hydrogen-bond donors (Lipinski definition) is 1. The number of ether oxygens (including phenoxy) is 1. The molecular formula is C13H18N6O2. The van der Waals surface area contributed by atoms with Crippen molar-refractivity contribution < 1.29 is 9.53 Å². The molecule has 0 aliphatic carbocycles. The van der Waals surface area contributed by atoms with E-state index in [2.05, 4.69) is 37.0 Å². The number of hydrogen-bond acceptors (Lipinski definition) is 7. The van der Waals surface area contributed by atoms with Crippen molar-refractivity contribution >= 4 is 11.8 Å². The van der Waals surface area contributed by atoms with Crippen molar-refractivity contribution in [2.75, 3.05) is 19.0 Å². The molecule has 0 radical (unpaired) electrons. The summed E-state index contributed by atoms with van der Waals surface area (Å²) in [5, 5.41) is 7.32. The lowest BCUT2D eigenvalue weighted by Crippen LogP contribution is -2.11. The van der Waals surface area contributed by atoms with Gasteiger partial charge in [-0.05, 0) is 13.3 Å². The molecule has 0 fully saturated rings. The van der Waals surface area contributed by atoms with Crippen molar-refractivity contribution in [1.29, 1.82) is 0 Å². The molecule has 21 heavy (non-hydrogen) atoms. The zero-order chi connectivity index (χ0) is 15.2. The first-order chi connectivity index (χ1) is 10.2. The van der Waals surface area contributed by atoms with Gasteiger partial charge in [-0.3, -0.25) is 0 Å². The van der Waals surface area contributed by atoms with E-state index in [1.807, 2.05) is 6.92 Å². The van der Waals surface area contributed by atoms with Crippen LogP contribution in [0.2, 0.25) is 0 Å². The first kappa shape index (κ1) is 14.9. The fourth-order valence-corrected chi connectivity index (χ4v) is 1.95. The van der Waals surface area contributed by atoms with Gasteiger partial charge >= 0.3 is 5.97 Å². The predicted molar refractivity (Wildman–Crippen MR) is 76.4 cm³/mol. The molecule has 2 heterocycles. The zero-order valence-electron chi connectivity index (χ0n) is 12.3. The van der Waals surface area contributed by atoms with Crippen LogP contribution < -0.4 is 5.32 Å². The molecule has 8 nitrogen and oxygen atoms in total. The quantitative estimate of drug-likeness (QED) is 0.799. The molecule has 1 N–H and O–H groups in total. The van der Waals surface area contributed by atoms with Crippen LogP contribution in [0.25, 0.3) is 5.82 Å². The minimum atomic E-state index is -0.577. The predicted octanol–water partition coefficient (Wildman–Crippen LogP) is 1.23. The molecule has 0 aliphatic heterocycles. The van der Waals surface area contributed by atoms with Crippen LogP contribution in [0.15, 0.2) is 12.7 Å². The summed E-state index contributed by atoms with van der Waals surface area (Å²) in [7, 11) is 1.29. The summed E-state index contributed by atoms with van der Waals surface area (Å²) in [6, 6.07) is 0. The molecule has 0 spiro atoms. The number of nitrogens with zero attached hydrogens (tertiary/aromatic N) is 5. The van der Waals surface area contributed by atoms with E-state index in [4.69, 9.17) is 0 Å². The van der Waals surface area contributed by atoms with Gasteiger partial charge < -0.3 is 10.1 Å². The summed E-state index contributed by atoms with van der Waals surface area (Å²) in [6.45, 7) is 4.84. The Morgan fingerprint density at radius 1 is 1.33 bits per heavy atom. The Bertz CT molecular complexity index is 625. The highest BCUT2D eigenvalue weighted by Crippen LogP contribution is 2.20. The van der Waals surface area contributed by atoms with E-state index in [0.29, 0.717) is 5.82 Å². The Balaban J connectivity index is 2.44. The molecule has 0 aliphatic rings. The van der Waals surface area contributed by atoms with Gasteiger partial charge in [0, 0.05) is 12.1 Å². The normalized spacial score (nSPS) is 10.4. The van der Waals surface area contributed by atoms with Crippen molar-refractivity contribution in [3.05, 3.63) is 24.0 Å². The molecule has 8 heteroatoms. The highest BCUT2D eigenvalue weighted by molar-refractivity contribution is 5.84. The van der Waals surface area contributed by atoms with Crippen LogP contribution in [0.3, 0.4) is 0 Å². The Hall–Kier alpha value is -2.51. The largest absolute Gasteiger partial charge is 0.463 e. The highest BCUT2D eigenvalue weighted by Gasteiger charge is 2.16. The Labute approximate surface area is 122 Å². The second-order valence-electron chi connectivity index (χ2n) is 4.31. The number of carbonyl (C=O) groups excluding carboxylic acids is 1. The first-order valence-electron chi connectivity index (χ1n) is 6.79. The minimum absolute atomic E-state index is 0.00330. The monoisotopic (exact) mass is 290 g/mol. The molecule has 2 aromatic heterocycles. The van der Waals surface area contributed by atoms with Gasteiger partial charge in [0.15, 0.2) is 5.82 Å². The third kappa shape index (κ3) is 3.15. The van der Waals surface area contributed by atoms with Gasteiger partial charge in [-0.2, -0.15) is 0 Å². The van der Waals surface area contributed by atoms with E-state index in [-0.39, 0.29) is 5.82 Å². The van der Waals surface area contributed by atoms with Gasteiger partial charge in [0.25, 0.3) is 5.82 Å². The van der Waals surface area contributed by atoms with Crippen molar-refractivity contribution in [3.8, 4) is 5.82 Å². The van der Waals surface area contributed by atoms with E-state index in [1.54, 1.807) is 0 Å². The summed E-state index contributed by atoms with van der Waals surface area (Å²) in [5.74, 6) is 0.820. The van der Waals surface area contributed by atoms with E-state index < -0.39 is 5.97 Å². The number of nitrogens with one attached hydrogen (secondary N) is 1. The highest BCUT2D eigenvalue weighted by atomic mass is 16.5. The fraction of sp³-hybridized carbons (Fsp3) is 0.462. The third-order valence-electron chi connectivity index (χ3n) is 2.84. The minimum Gasteiger partial charge on any atom is -0.463 e. The summed E-state index contributed by atoms with van der Waals surface area (Å²) >= 11 is 0. The lowest BCUT2D eigenvalue weighted by Gasteiger charge is -2.12. The summed E-state index contributed by atoms with van der Waals surface area (Å²) < 4.78 is 6.08. The molecule has 0 saturated heterocycles. The number of rotatable bonds is 6. The summed E-state index contributed by atoms with van der Waals surface area (Å²) in [4.78, 5) is 23.9. The summed E-state index contributed by atoms with van der Waals surface area (Å²) in [6.07, 6.45) is 4.65. The van der Waals surface area contributed by atoms with Crippen molar-refractivity contribution in [3.63, 3.8) is 0 Å². The van der Waals surface area contributed by atoms with E-state index in [9.17, 15) is 4.79 Å². The number of esters is 1. The van der Waals surface area contributed by atoms with E-state index >= 15 is 0 Å². The fourth-order valence-electron chi connectivity index (χ4n) is 1.95. The summed E-state index contributed by atoms with van der Waals surface area (Å²) in [5.41, 5.74) is 0.947. The number of carbonyl (C=O) groups is 1. The van der Waals surface area contributed by atoms with Crippen LogP contribution in [0.5, 0.6) is 0 Å². The van der Waals surface area contributed by atoms with Gasteiger partial charge in [-0.25, -0.2) is 24.4 Å². The van der Waals surface area contributed by atoms with Gasteiger partial charge in [0.1, 0.15) is 18.5 Å². The lowest BCUT2D eigenvalue weighted by atomic mass is 10.1. The maximum Gasteiger partial charge on any atom is 0.377 e. The second-order valence-corrected chi connectivity index (χ2v) is 4.31. The molecule has 0 aromatic carbocycles. The van der Waals surface area contributed by atoms with Crippen molar-refractivity contribution in [2.45, 2.75) is 26.7 Å². The van der Waals surface area contributed by atoms with Gasteiger partial charge in [0.05, 0.1) is 7.11 Å². The van der Waals surface area contributed by atoms with Gasteiger partial charge in [0.2, 0.25) is 0 Å². The molecule has 2 aromatic rings. The Morgan fingerprint density at radius 3 is 2.81 bits per heavy atom. The van der Waals surface area contributed by atoms with Crippen LogP contribution >= 0.6 is 0 Å². The van der Waals surface area contributed by atoms with Crippen LogP contribution in [-0.2, 0) is 11.2 Å². The Morgan fingerprint density at radius 2 is 2.14 bits per heavy atom. The lowest BCUT2D eigenvalue weighted by molar-refractivity contribution is 0.0587. The average Bonchev–Trinajstić information content (AvgIpc) is 2.98. The number of aromatic nitrogens is 5. The first-order valence-corrected chi connectivity index (χ1v) is 6.79. The maximum absolute atomic E-state index is 11.4. The van der Waals surface area contributed by atoms with E-state index in [0.717, 1.165) is 30.8 Å². The maximum atomic E-state index is 11.4. The smallest absolute Gasteiger partial charge is 0.377 e. The average molecular weight is 290 g/mol. The molecule has 0 bridgehead atoms. The molecule has 112 valence electrons. The number of methoxy groups -OCH3 is 1. The molecular weight excluding hydrogens is 272 g/mol. The molecule has 0 unspecified atom stereocenters. The van der Waals surface area contributed by atoms with Gasteiger partial charge in [-0.15, -0.1) is 5.10 Å². The molecule has 0 saturated carbocycles. The van der Waals surface area contributed by atoms with Crippen LogP contribution in [0.4, 0.5) is 5.82 Å². The second kappa shape index (κ2) is 6.78. The van der Waals surface area contributed by atoms with E-state index in [1.165, 1.54) is 24.4 Å². The van der Waals surface area contributed by atoms with Crippen LogP contribution in [0.1, 0.15) is 36.5 Å². The Kier molecular flexibility index (Phi) is 4.81. The van der Waals surface area contributed by atoms with Crippen LogP contribution in [0, 0.1) is 0 Å². The molecule has 2 rings (SSSR count).